The van der Waals surface area contributed by atoms with Crippen LogP contribution in [0.1, 0.15) is 188 Å². The van der Waals surface area contributed by atoms with E-state index >= 15 is 0 Å². The van der Waals surface area contributed by atoms with E-state index in [1.165, 1.54) is 154 Å². The molecule has 0 aliphatic rings. The van der Waals surface area contributed by atoms with E-state index < -0.39 is 0 Å². The van der Waals surface area contributed by atoms with Crippen LogP contribution in [0.5, 0.6) is 0 Å². The third-order valence-electron chi connectivity index (χ3n) is 7.79. The zero-order valence-electron chi connectivity index (χ0n) is 24.9. The summed E-state index contributed by atoms with van der Waals surface area (Å²) in [6.07, 6.45) is 33.1. The maximum absolute atomic E-state index is 12.6. The maximum atomic E-state index is 12.6. The van der Waals surface area contributed by atoms with Gasteiger partial charge in [-0.3, -0.25) is 4.79 Å². The van der Waals surface area contributed by atoms with Crippen molar-refractivity contribution in [3.8, 4) is 0 Å². The van der Waals surface area contributed by atoms with Crippen molar-refractivity contribution in [1.82, 2.24) is 0 Å². The second-order valence-electron chi connectivity index (χ2n) is 11.5. The number of hydrogen-bond donors (Lipinski definition) is 0. The van der Waals surface area contributed by atoms with E-state index in [1.807, 2.05) is 0 Å². The van der Waals surface area contributed by atoms with Gasteiger partial charge in [-0.2, -0.15) is 0 Å². The Bertz CT molecular complexity index is 419. The van der Waals surface area contributed by atoms with Crippen molar-refractivity contribution in [2.24, 2.45) is 11.8 Å². The normalized spacial score (nSPS) is 13.1. The van der Waals surface area contributed by atoms with E-state index in [0.717, 1.165) is 6.42 Å². The molecule has 0 bridgehead atoms. The molecule has 0 N–H and O–H groups in total. The van der Waals surface area contributed by atoms with Gasteiger partial charge in [-0.05, 0) is 25.2 Å². The molecule has 0 saturated carbocycles. The molecular weight excluding hydrogens is 428 g/mol. The molecule has 2 heteroatoms. The van der Waals surface area contributed by atoms with Gasteiger partial charge in [0.05, 0.1) is 12.5 Å². The first-order chi connectivity index (χ1) is 17.2. The molecule has 2 atom stereocenters. The first-order valence-electron chi connectivity index (χ1n) is 16.3. The van der Waals surface area contributed by atoms with E-state index in [-0.39, 0.29) is 11.9 Å². The lowest BCUT2D eigenvalue weighted by Gasteiger charge is -2.19. The molecule has 2 unspecified atom stereocenters. The van der Waals surface area contributed by atoms with Crippen LogP contribution in [0, 0.1) is 11.8 Å². The minimum Gasteiger partial charge on any atom is -0.465 e. The molecular formula is C33H66O2. The molecule has 0 amide bonds. The fraction of sp³-hybridized carbons (Fsp3) is 0.970. The highest BCUT2D eigenvalue weighted by Gasteiger charge is 2.17. The van der Waals surface area contributed by atoms with Crippen molar-refractivity contribution < 1.29 is 9.53 Å². The second kappa shape index (κ2) is 28.0. The first kappa shape index (κ1) is 34.5. The monoisotopic (exact) mass is 495 g/mol. The summed E-state index contributed by atoms with van der Waals surface area (Å²) in [4.78, 5) is 12.6. The summed E-state index contributed by atoms with van der Waals surface area (Å²) in [5.74, 6) is 0.685. The highest BCUT2D eigenvalue weighted by molar-refractivity contribution is 5.71. The smallest absolute Gasteiger partial charge is 0.308 e. The van der Waals surface area contributed by atoms with Gasteiger partial charge in [-0.25, -0.2) is 0 Å². The van der Waals surface area contributed by atoms with Crippen LogP contribution in [-0.4, -0.2) is 12.6 Å². The number of ether oxygens (including phenoxy) is 1. The predicted molar refractivity (Wildman–Crippen MR) is 156 cm³/mol. The Hall–Kier alpha value is -0.530. The summed E-state index contributed by atoms with van der Waals surface area (Å²) < 4.78 is 5.86. The maximum Gasteiger partial charge on any atom is 0.308 e. The Labute approximate surface area is 222 Å². The molecule has 0 heterocycles. The van der Waals surface area contributed by atoms with Crippen LogP contribution in [0.15, 0.2) is 0 Å². The lowest BCUT2D eigenvalue weighted by molar-refractivity contribution is -0.149. The average molecular weight is 495 g/mol. The second-order valence-corrected chi connectivity index (χ2v) is 11.5. The van der Waals surface area contributed by atoms with Crippen LogP contribution >= 0.6 is 0 Å². The lowest BCUT2D eigenvalue weighted by atomic mass is 9.94. The fourth-order valence-corrected chi connectivity index (χ4v) is 5.14. The van der Waals surface area contributed by atoms with Gasteiger partial charge in [0.1, 0.15) is 0 Å². The van der Waals surface area contributed by atoms with E-state index in [0.29, 0.717) is 12.5 Å². The highest BCUT2D eigenvalue weighted by Crippen LogP contribution is 2.21. The van der Waals surface area contributed by atoms with Crippen molar-refractivity contribution in [1.29, 1.82) is 0 Å². The van der Waals surface area contributed by atoms with Crippen LogP contribution in [0.2, 0.25) is 0 Å². The first-order valence-corrected chi connectivity index (χ1v) is 16.3. The third kappa shape index (κ3) is 24.9. The van der Waals surface area contributed by atoms with E-state index in [9.17, 15) is 4.79 Å². The minimum atomic E-state index is 0.0523. The number of rotatable bonds is 28. The van der Waals surface area contributed by atoms with Crippen molar-refractivity contribution in [3.63, 3.8) is 0 Å². The zero-order valence-corrected chi connectivity index (χ0v) is 24.9. The topological polar surface area (TPSA) is 26.3 Å². The van der Waals surface area contributed by atoms with Crippen molar-refractivity contribution in [3.05, 3.63) is 0 Å². The summed E-state index contributed by atoms with van der Waals surface area (Å²) in [6, 6.07) is 0. The molecule has 210 valence electrons. The molecule has 0 spiro atoms. The molecule has 0 saturated heterocycles. The minimum absolute atomic E-state index is 0.0523. The van der Waals surface area contributed by atoms with Gasteiger partial charge < -0.3 is 4.74 Å². The summed E-state index contributed by atoms with van der Waals surface area (Å²) in [5, 5.41) is 0. The van der Waals surface area contributed by atoms with Gasteiger partial charge in [-0.15, -0.1) is 0 Å². The van der Waals surface area contributed by atoms with Gasteiger partial charge in [0, 0.05) is 0 Å². The Morgan fingerprint density at radius 1 is 0.486 bits per heavy atom. The molecule has 0 radical (unpaired) electrons. The SMILES string of the molecule is CCCCCCCCCCCC(C)C(=O)OCC(CCCCCCC)CCCCCCCCCC. The molecule has 0 aromatic rings. The van der Waals surface area contributed by atoms with E-state index in [2.05, 4.69) is 27.7 Å². The van der Waals surface area contributed by atoms with Gasteiger partial charge in [0.15, 0.2) is 0 Å². The van der Waals surface area contributed by atoms with Crippen LogP contribution in [0.25, 0.3) is 0 Å². The van der Waals surface area contributed by atoms with Crippen molar-refractivity contribution >= 4 is 5.97 Å². The number of carbonyl (C=O) groups excluding carboxylic acids is 1. The molecule has 0 fully saturated rings. The summed E-state index contributed by atoms with van der Waals surface area (Å²) in [7, 11) is 0. The standard InChI is InChI=1S/C33H66O2/c1-5-8-11-14-16-18-19-22-24-27-31(4)33(34)35-30-32(28-25-21-13-10-7-3)29-26-23-20-17-15-12-9-6-2/h31-32H,5-30H2,1-4H3. The quantitative estimate of drug-likeness (QED) is 0.0798. The van der Waals surface area contributed by atoms with Crippen LogP contribution in [-0.2, 0) is 9.53 Å². The van der Waals surface area contributed by atoms with Crippen molar-refractivity contribution in [2.75, 3.05) is 6.61 Å². The summed E-state index contributed by atoms with van der Waals surface area (Å²) in [5.41, 5.74) is 0. The zero-order chi connectivity index (χ0) is 25.8. The number of hydrogen-bond acceptors (Lipinski definition) is 2. The Morgan fingerprint density at radius 3 is 1.17 bits per heavy atom. The van der Waals surface area contributed by atoms with Crippen LogP contribution in [0.3, 0.4) is 0 Å². The molecule has 0 aliphatic carbocycles. The van der Waals surface area contributed by atoms with Gasteiger partial charge in [0.2, 0.25) is 0 Å². The predicted octanol–water partition coefficient (Wildman–Crippen LogP) is 11.6. The number of carbonyl (C=O) groups is 1. The Kier molecular flexibility index (Phi) is 27.6. The van der Waals surface area contributed by atoms with Crippen LogP contribution in [0.4, 0.5) is 0 Å². The number of unbranched alkanes of at least 4 members (excludes halogenated alkanes) is 19. The summed E-state index contributed by atoms with van der Waals surface area (Å²) >= 11 is 0. The summed E-state index contributed by atoms with van der Waals surface area (Å²) in [6.45, 7) is 9.57. The fourth-order valence-electron chi connectivity index (χ4n) is 5.14. The van der Waals surface area contributed by atoms with Gasteiger partial charge >= 0.3 is 5.97 Å². The molecule has 0 aromatic heterocycles. The van der Waals surface area contributed by atoms with Crippen molar-refractivity contribution in [2.45, 2.75) is 188 Å². The molecule has 0 rings (SSSR count). The molecule has 0 aliphatic heterocycles. The van der Waals surface area contributed by atoms with E-state index in [1.54, 1.807) is 0 Å². The molecule has 35 heavy (non-hydrogen) atoms. The third-order valence-corrected chi connectivity index (χ3v) is 7.79. The van der Waals surface area contributed by atoms with E-state index in [4.69, 9.17) is 4.74 Å². The van der Waals surface area contributed by atoms with Gasteiger partial charge in [0.25, 0.3) is 0 Å². The molecule has 2 nitrogen and oxygen atoms in total. The van der Waals surface area contributed by atoms with Gasteiger partial charge in [-0.1, -0.05) is 169 Å². The largest absolute Gasteiger partial charge is 0.465 e. The highest BCUT2D eigenvalue weighted by atomic mass is 16.5. The van der Waals surface area contributed by atoms with Crippen LogP contribution < -0.4 is 0 Å². The lowest BCUT2D eigenvalue weighted by Crippen LogP contribution is -2.20. The molecule has 0 aromatic carbocycles. The Balaban J connectivity index is 4.04. The Morgan fingerprint density at radius 2 is 0.800 bits per heavy atom. The number of esters is 1. The average Bonchev–Trinajstić information content (AvgIpc) is 2.86.